The molecule has 0 radical (unpaired) electrons. The minimum Gasteiger partial charge on any atom is -0.455 e. The summed E-state index contributed by atoms with van der Waals surface area (Å²) >= 11 is 0. The van der Waals surface area contributed by atoms with E-state index in [4.69, 9.17) is 4.42 Å². The lowest BCUT2D eigenvalue weighted by Gasteiger charge is -2.02. The third kappa shape index (κ3) is 1.41. The fourth-order valence-corrected chi connectivity index (χ4v) is 3.93. The molecule has 0 aliphatic rings. The lowest BCUT2D eigenvalue weighted by Crippen LogP contribution is -1.76. The van der Waals surface area contributed by atoms with E-state index in [9.17, 15) is 0 Å². The normalized spacial score (nSPS) is 12.2. The summed E-state index contributed by atoms with van der Waals surface area (Å²) in [4.78, 5) is 3.53. The van der Waals surface area contributed by atoms with Crippen LogP contribution in [-0.4, -0.2) is 4.98 Å². The van der Waals surface area contributed by atoms with E-state index < -0.39 is 0 Å². The molecular weight excluding hydrogens is 294 g/mol. The van der Waals surface area contributed by atoms with E-state index in [-0.39, 0.29) is 0 Å². The Morgan fingerprint density at radius 3 is 2.33 bits per heavy atom. The molecule has 0 atom stereocenters. The molecule has 112 valence electrons. The quantitative estimate of drug-likeness (QED) is 0.347. The molecule has 2 heterocycles. The SMILES string of the molecule is c1ccc2c(c1)[nH]c1ccc3ccc4c5ccccc5oc4c3c12. The van der Waals surface area contributed by atoms with Crippen LogP contribution in [0.3, 0.4) is 0 Å². The van der Waals surface area contributed by atoms with E-state index in [1.807, 2.05) is 12.1 Å². The highest BCUT2D eigenvalue weighted by molar-refractivity contribution is 6.28. The summed E-state index contributed by atoms with van der Waals surface area (Å²) in [6, 6.07) is 25.4. The highest BCUT2D eigenvalue weighted by Crippen LogP contribution is 2.39. The molecular formula is C22H13NO. The second-order valence-corrected chi connectivity index (χ2v) is 6.30. The van der Waals surface area contributed by atoms with Gasteiger partial charge in [0.15, 0.2) is 0 Å². The van der Waals surface area contributed by atoms with E-state index in [2.05, 4.69) is 65.6 Å². The zero-order valence-corrected chi connectivity index (χ0v) is 12.8. The largest absolute Gasteiger partial charge is 0.455 e. The van der Waals surface area contributed by atoms with Gasteiger partial charge >= 0.3 is 0 Å². The maximum Gasteiger partial charge on any atom is 0.143 e. The predicted octanol–water partition coefficient (Wildman–Crippen LogP) is 6.37. The first-order valence-electron chi connectivity index (χ1n) is 8.13. The summed E-state index contributed by atoms with van der Waals surface area (Å²) in [6.45, 7) is 0. The van der Waals surface area contributed by atoms with Crippen molar-refractivity contribution in [3.8, 4) is 0 Å². The molecule has 0 amide bonds. The summed E-state index contributed by atoms with van der Waals surface area (Å²) in [5.41, 5.74) is 4.23. The van der Waals surface area contributed by atoms with Crippen molar-refractivity contribution in [3.05, 3.63) is 72.8 Å². The Labute approximate surface area is 137 Å². The third-order valence-electron chi connectivity index (χ3n) is 4.99. The molecule has 0 fully saturated rings. The number of H-pyrrole nitrogens is 1. The first-order chi connectivity index (χ1) is 11.9. The smallest absolute Gasteiger partial charge is 0.143 e. The second-order valence-electron chi connectivity index (χ2n) is 6.30. The van der Waals surface area contributed by atoms with Gasteiger partial charge < -0.3 is 9.40 Å². The molecule has 2 aromatic heterocycles. The van der Waals surface area contributed by atoms with E-state index in [0.29, 0.717) is 0 Å². The fraction of sp³-hybridized carbons (Fsp3) is 0. The minimum atomic E-state index is 0.942. The van der Waals surface area contributed by atoms with Crippen LogP contribution in [0, 0.1) is 0 Å². The van der Waals surface area contributed by atoms with Crippen molar-refractivity contribution in [2.24, 2.45) is 0 Å². The average molecular weight is 307 g/mol. The van der Waals surface area contributed by atoms with Gasteiger partial charge in [0.05, 0.1) is 0 Å². The zero-order valence-electron chi connectivity index (χ0n) is 12.8. The summed E-state index contributed by atoms with van der Waals surface area (Å²) in [5.74, 6) is 0. The molecule has 6 rings (SSSR count). The van der Waals surface area contributed by atoms with Gasteiger partial charge in [-0.1, -0.05) is 48.5 Å². The van der Waals surface area contributed by atoms with Crippen molar-refractivity contribution < 1.29 is 4.42 Å². The highest BCUT2D eigenvalue weighted by atomic mass is 16.3. The van der Waals surface area contributed by atoms with Gasteiger partial charge in [-0.25, -0.2) is 0 Å². The fourth-order valence-electron chi connectivity index (χ4n) is 3.93. The Kier molecular flexibility index (Phi) is 2.12. The number of hydrogen-bond donors (Lipinski definition) is 1. The molecule has 0 aliphatic heterocycles. The molecule has 0 spiro atoms. The van der Waals surface area contributed by atoms with E-state index in [0.717, 1.165) is 22.2 Å². The Balaban J connectivity index is 1.98. The highest BCUT2D eigenvalue weighted by Gasteiger charge is 2.14. The summed E-state index contributed by atoms with van der Waals surface area (Å²) < 4.78 is 6.28. The molecule has 6 aromatic rings. The zero-order chi connectivity index (χ0) is 15.7. The van der Waals surface area contributed by atoms with Crippen LogP contribution in [-0.2, 0) is 0 Å². The topological polar surface area (TPSA) is 28.9 Å². The van der Waals surface area contributed by atoms with Gasteiger partial charge in [-0.05, 0) is 29.7 Å². The minimum absolute atomic E-state index is 0.942. The van der Waals surface area contributed by atoms with Gasteiger partial charge in [0.25, 0.3) is 0 Å². The molecule has 0 unspecified atom stereocenters. The number of fused-ring (bicyclic) bond motifs is 9. The number of benzene rings is 4. The Hall–Kier alpha value is -3.26. The number of aromatic nitrogens is 1. The van der Waals surface area contributed by atoms with Gasteiger partial charge in [0, 0.05) is 38.0 Å². The third-order valence-corrected chi connectivity index (χ3v) is 4.99. The molecule has 2 heteroatoms. The molecule has 0 aliphatic carbocycles. The lowest BCUT2D eigenvalue weighted by molar-refractivity contribution is 0.673. The van der Waals surface area contributed by atoms with Crippen LogP contribution in [0.4, 0.5) is 0 Å². The van der Waals surface area contributed by atoms with E-state index in [1.54, 1.807) is 0 Å². The first-order valence-corrected chi connectivity index (χ1v) is 8.13. The predicted molar refractivity (Wildman–Crippen MR) is 101 cm³/mol. The summed E-state index contributed by atoms with van der Waals surface area (Å²) in [7, 11) is 0. The summed E-state index contributed by atoms with van der Waals surface area (Å²) in [5, 5.41) is 7.23. The number of para-hydroxylation sites is 2. The Morgan fingerprint density at radius 2 is 1.38 bits per heavy atom. The Bertz CT molecular complexity index is 1400. The molecule has 0 bridgehead atoms. The average Bonchev–Trinajstić information content (AvgIpc) is 3.19. The van der Waals surface area contributed by atoms with Gasteiger partial charge in [-0.3, -0.25) is 0 Å². The van der Waals surface area contributed by atoms with Crippen molar-refractivity contribution in [2.45, 2.75) is 0 Å². The van der Waals surface area contributed by atoms with Crippen LogP contribution in [0.5, 0.6) is 0 Å². The van der Waals surface area contributed by atoms with E-state index in [1.165, 1.54) is 32.3 Å². The molecule has 1 N–H and O–H groups in total. The molecule has 24 heavy (non-hydrogen) atoms. The molecule has 2 nitrogen and oxygen atoms in total. The van der Waals surface area contributed by atoms with Crippen LogP contribution < -0.4 is 0 Å². The maximum absolute atomic E-state index is 6.28. The van der Waals surface area contributed by atoms with Crippen molar-refractivity contribution >= 4 is 54.5 Å². The molecule has 4 aromatic carbocycles. The first kappa shape index (κ1) is 12.2. The van der Waals surface area contributed by atoms with Gasteiger partial charge in [-0.15, -0.1) is 0 Å². The van der Waals surface area contributed by atoms with Crippen molar-refractivity contribution in [2.75, 3.05) is 0 Å². The van der Waals surface area contributed by atoms with Gasteiger partial charge in [0.1, 0.15) is 11.2 Å². The number of aromatic amines is 1. The molecule has 0 saturated heterocycles. The molecule has 0 saturated carbocycles. The van der Waals surface area contributed by atoms with Gasteiger partial charge in [0.2, 0.25) is 0 Å². The maximum atomic E-state index is 6.28. The van der Waals surface area contributed by atoms with Crippen molar-refractivity contribution in [1.82, 2.24) is 4.98 Å². The van der Waals surface area contributed by atoms with Crippen LogP contribution in [0.1, 0.15) is 0 Å². The van der Waals surface area contributed by atoms with Crippen molar-refractivity contribution in [3.63, 3.8) is 0 Å². The standard InChI is InChI=1S/C22H13NO/c1-3-7-17-16(6-1)21-18(23-17)12-10-13-9-11-15-14-5-2-4-8-19(14)24-22(15)20(13)21/h1-12,23H. The summed E-state index contributed by atoms with van der Waals surface area (Å²) in [6.07, 6.45) is 0. The number of nitrogens with one attached hydrogen (secondary N) is 1. The van der Waals surface area contributed by atoms with Crippen LogP contribution in [0.2, 0.25) is 0 Å². The number of hydrogen-bond acceptors (Lipinski definition) is 1. The van der Waals surface area contributed by atoms with Crippen LogP contribution in [0.15, 0.2) is 77.2 Å². The van der Waals surface area contributed by atoms with Crippen LogP contribution in [0.25, 0.3) is 54.5 Å². The number of rotatable bonds is 0. The van der Waals surface area contributed by atoms with E-state index >= 15 is 0 Å². The van der Waals surface area contributed by atoms with Crippen molar-refractivity contribution in [1.29, 1.82) is 0 Å². The lowest BCUT2D eigenvalue weighted by atomic mass is 10.0. The van der Waals surface area contributed by atoms with Crippen LogP contribution >= 0.6 is 0 Å². The monoisotopic (exact) mass is 307 g/mol. The second kappa shape index (κ2) is 4.18. The Morgan fingerprint density at radius 1 is 0.583 bits per heavy atom. The number of furan rings is 1. The van der Waals surface area contributed by atoms with Gasteiger partial charge in [-0.2, -0.15) is 0 Å².